The Morgan fingerprint density at radius 3 is 2.03 bits per heavy atom. The average Bonchev–Trinajstić information content (AvgIpc) is 2.77. The van der Waals surface area contributed by atoms with Gasteiger partial charge in [-0.2, -0.15) is 4.31 Å². The van der Waals surface area contributed by atoms with Gasteiger partial charge in [-0.25, -0.2) is 8.42 Å². The van der Waals surface area contributed by atoms with Crippen LogP contribution in [0.15, 0.2) is 60.7 Å². The van der Waals surface area contributed by atoms with Crippen molar-refractivity contribution in [3.63, 3.8) is 0 Å². The van der Waals surface area contributed by atoms with Gasteiger partial charge in [0, 0.05) is 7.05 Å². The van der Waals surface area contributed by atoms with Crippen molar-refractivity contribution in [3.05, 3.63) is 71.8 Å². The second kappa shape index (κ2) is 10.4. The van der Waals surface area contributed by atoms with Crippen LogP contribution in [0.4, 0.5) is 0 Å². The van der Waals surface area contributed by atoms with Crippen LogP contribution in [-0.2, 0) is 10.0 Å². The number of benzene rings is 2. The minimum atomic E-state index is -3.38. The third-order valence-electron chi connectivity index (χ3n) is 6.27. The fourth-order valence-corrected chi connectivity index (χ4v) is 6.05. The van der Waals surface area contributed by atoms with Gasteiger partial charge in [-0.3, -0.25) is 0 Å². The number of nitrogens with zero attached hydrogens (tertiary/aromatic N) is 1. The molecule has 0 saturated heterocycles. The van der Waals surface area contributed by atoms with Gasteiger partial charge in [0.1, 0.15) is 0 Å². The number of rotatable bonds is 9. The summed E-state index contributed by atoms with van der Waals surface area (Å²) in [6, 6.07) is 19.6. The molecule has 1 aliphatic rings. The standard InChI is InChI=1S/C24H34N2O2S/c1-25-23(21-14-8-4-9-15-21)24(22-16-10-5-11-17-22)26(2)29(27,28)19-18-20-12-6-3-7-13-20/h4-5,8-11,14-17,20,23-25H,3,6-7,12-13,18-19H2,1-2H3. The van der Waals surface area contributed by atoms with E-state index in [-0.39, 0.29) is 17.8 Å². The number of hydrogen-bond acceptors (Lipinski definition) is 3. The molecular formula is C24H34N2O2S. The van der Waals surface area contributed by atoms with Gasteiger partial charge in [-0.15, -0.1) is 0 Å². The van der Waals surface area contributed by atoms with Crippen molar-refractivity contribution in [1.82, 2.24) is 9.62 Å². The van der Waals surface area contributed by atoms with Gasteiger partial charge in [-0.05, 0) is 30.5 Å². The molecule has 0 aliphatic heterocycles. The third-order valence-corrected chi connectivity index (χ3v) is 8.12. The second-order valence-electron chi connectivity index (χ2n) is 8.16. The molecule has 4 nitrogen and oxygen atoms in total. The Kier molecular flexibility index (Phi) is 7.87. The summed E-state index contributed by atoms with van der Waals surface area (Å²) >= 11 is 0. The van der Waals surface area contributed by atoms with E-state index in [9.17, 15) is 8.42 Å². The molecule has 0 radical (unpaired) electrons. The maximum absolute atomic E-state index is 13.3. The number of sulfonamides is 1. The quantitative estimate of drug-likeness (QED) is 0.633. The lowest BCUT2D eigenvalue weighted by Gasteiger charge is -2.35. The molecule has 2 atom stereocenters. The highest BCUT2D eigenvalue weighted by atomic mass is 32.2. The van der Waals surface area contributed by atoms with Crippen LogP contribution in [-0.4, -0.2) is 32.6 Å². The normalized spacial score (nSPS) is 17.9. The number of hydrogen-bond donors (Lipinski definition) is 1. The highest BCUT2D eigenvalue weighted by Gasteiger charge is 2.34. The molecule has 2 aromatic rings. The fourth-order valence-electron chi connectivity index (χ4n) is 4.54. The largest absolute Gasteiger partial charge is 0.311 e. The summed E-state index contributed by atoms with van der Waals surface area (Å²) < 4.78 is 28.3. The second-order valence-corrected chi connectivity index (χ2v) is 10.3. The Morgan fingerprint density at radius 2 is 1.48 bits per heavy atom. The van der Waals surface area contributed by atoms with Crippen molar-refractivity contribution in [2.45, 2.75) is 50.6 Å². The summed E-state index contributed by atoms with van der Waals surface area (Å²) in [6.45, 7) is 0. The lowest BCUT2D eigenvalue weighted by molar-refractivity contribution is 0.298. The van der Waals surface area contributed by atoms with Gasteiger partial charge in [0.25, 0.3) is 0 Å². The minimum Gasteiger partial charge on any atom is -0.311 e. The monoisotopic (exact) mass is 414 g/mol. The van der Waals surface area contributed by atoms with E-state index in [1.165, 1.54) is 32.1 Å². The van der Waals surface area contributed by atoms with Crippen molar-refractivity contribution >= 4 is 10.0 Å². The summed E-state index contributed by atoms with van der Waals surface area (Å²) in [4.78, 5) is 0. The van der Waals surface area contributed by atoms with Gasteiger partial charge in [0.15, 0.2) is 0 Å². The Balaban J connectivity index is 1.86. The molecule has 0 aromatic heterocycles. The highest BCUT2D eigenvalue weighted by Crippen LogP contribution is 2.35. The van der Waals surface area contributed by atoms with Crippen molar-refractivity contribution < 1.29 is 8.42 Å². The van der Waals surface area contributed by atoms with Crippen LogP contribution in [0.1, 0.15) is 61.7 Å². The molecule has 0 amide bonds. The summed E-state index contributed by atoms with van der Waals surface area (Å²) in [5.41, 5.74) is 2.08. The topological polar surface area (TPSA) is 49.4 Å². The van der Waals surface area contributed by atoms with Crippen molar-refractivity contribution in [3.8, 4) is 0 Å². The van der Waals surface area contributed by atoms with Crippen LogP contribution in [0.2, 0.25) is 0 Å². The van der Waals surface area contributed by atoms with E-state index in [4.69, 9.17) is 0 Å². The zero-order chi connectivity index (χ0) is 20.7. The van der Waals surface area contributed by atoms with E-state index in [2.05, 4.69) is 17.4 Å². The molecule has 3 rings (SSSR count). The van der Waals surface area contributed by atoms with Gasteiger partial charge < -0.3 is 5.32 Å². The van der Waals surface area contributed by atoms with E-state index in [0.29, 0.717) is 5.92 Å². The number of nitrogens with one attached hydrogen (secondary N) is 1. The maximum Gasteiger partial charge on any atom is 0.214 e. The Hall–Kier alpha value is -1.69. The maximum atomic E-state index is 13.3. The molecule has 0 heterocycles. The first-order chi connectivity index (χ1) is 14.0. The van der Waals surface area contributed by atoms with Crippen LogP contribution in [0.5, 0.6) is 0 Å². The van der Waals surface area contributed by atoms with Crippen LogP contribution < -0.4 is 5.32 Å². The molecule has 1 saturated carbocycles. The van der Waals surface area contributed by atoms with Gasteiger partial charge in [0.05, 0.1) is 17.8 Å². The van der Waals surface area contributed by atoms with Gasteiger partial charge >= 0.3 is 0 Å². The van der Waals surface area contributed by atoms with Crippen molar-refractivity contribution in [2.75, 3.05) is 19.8 Å². The molecule has 2 unspecified atom stereocenters. The van der Waals surface area contributed by atoms with E-state index in [1.54, 1.807) is 11.4 Å². The lowest BCUT2D eigenvalue weighted by atomic mass is 9.88. The molecule has 1 aliphatic carbocycles. The summed E-state index contributed by atoms with van der Waals surface area (Å²) in [7, 11) is 0.259. The van der Waals surface area contributed by atoms with Crippen molar-refractivity contribution in [2.24, 2.45) is 5.92 Å². The lowest BCUT2D eigenvalue weighted by Crippen LogP contribution is -2.40. The Bertz CT molecular complexity index is 834. The van der Waals surface area contributed by atoms with Gasteiger partial charge in [-0.1, -0.05) is 92.8 Å². The molecule has 1 fully saturated rings. The highest BCUT2D eigenvalue weighted by molar-refractivity contribution is 7.89. The molecule has 158 valence electrons. The van der Waals surface area contributed by atoms with E-state index in [0.717, 1.165) is 17.5 Å². The van der Waals surface area contributed by atoms with E-state index >= 15 is 0 Å². The summed E-state index contributed by atoms with van der Waals surface area (Å²) in [5.74, 6) is 0.777. The average molecular weight is 415 g/mol. The molecule has 0 bridgehead atoms. The third kappa shape index (κ3) is 5.68. The first-order valence-electron chi connectivity index (χ1n) is 10.8. The smallest absolute Gasteiger partial charge is 0.214 e. The zero-order valence-electron chi connectivity index (χ0n) is 17.6. The molecule has 29 heavy (non-hydrogen) atoms. The molecule has 1 N–H and O–H groups in total. The Labute approximate surface area is 176 Å². The fraction of sp³-hybridized carbons (Fsp3) is 0.500. The van der Waals surface area contributed by atoms with Crippen LogP contribution in [0.3, 0.4) is 0 Å². The molecule has 0 spiro atoms. The first-order valence-corrected chi connectivity index (χ1v) is 12.4. The van der Waals surface area contributed by atoms with E-state index in [1.807, 2.05) is 55.6 Å². The molecule has 5 heteroatoms. The zero-order valence-corrected chi connectivity index (χ0v) is 18.4. The predicted molar refractivity (Wildman–Crippen MR) is 120 cm³/mol. The van der Waals surface area contributed by atoms with Crippen LogP contribution >= 0.6 is 0 Å². The number of likely N-dealkylation sites (N-methyl/N-ethyl adjacent to an activating group) is 2. The van der Waals surface area contributed by atoms with Gasteiger partial charge in [0.2, 0.25) is 10.0 Å². The minimum absolute atomic E-state index is 0.131. The summed E-state index contributed by atoms with van der Waals surface area (Å²) in [6.07, 6.45) is 6.88. The Morgan fingerprint density at radius 1 is 0.931 bits per heavy atom. The predicted octanol–water partition coefficient (Wildman–Crippen LogP) is 4.92. The van der Waals surface area contributed by atoms with E-state index < -0.39 is 10.0 Å². The molecular weight excluding hydrogens is 380 g/mol. The van der Waals surface area contributed by atoms with Crippen molar-refractivity contribution in [1.29, 1.82) is 0 Å². The summed E-state index contributed by atoms with van der Waals surface area (Å²) in [5, 5.41) is 3.37. The first kappa shape index (κ1) is 22.0. The van der Waals surface area contributed by atoms with Crippen LogP contribution in [0.25, 0.3) is 0 Å². The van der Waals surface area contributed by atoms with Crippen LogP contribution in [0, 0.1) is 5.92 Å². The molecule has 2 aromatic carbocycles. The SMILES string of the molecule is CNC(c1ccccc1)C(c1ccccc1)N(C)S(=O)(=O)CCC1CCCCC1.